The van der Waals surface area contributed by atoms with Crippen LogP contribution in [0.2, 0.25) is 0 Å². The third-order valence-corrected chi connectivity index (χ3v) is 3.85. The van der Waals surface area contributed by atoms with E-state index >= 15 is 0 Å². The summed E-state index contributed by atoms with van der Waals surface area (Å²) in [6.45, 7) is 0.586. The second-order valence-corrected chi connectivity index (χ2v) is 5.68. The summed E-state index contributed by atoms with van der Waals surface area (Å²) in [6.07, 6.45) is 0.866. The Morgan fingerprint density at radius 2 is 2.22 bits per heavy atom. The van der Waals surface area contributed by atoms with E-state index in [1.807, 2.05) is 18.2 Å². The maximum Gasteiger partial charge on any atom is 0.130 e. The van der Waals surface area contributed by atoms with Crippen molar-refractivity contribution < 1.29 is 4.74 Å². The van der Waals surface area contributed by atoms with Crippen molar-refractivity contribution in [2.24, 2.45) is 5.73 Å². The van der Waals surface area contributed by atoms with Gasteiger partial charge in [-0.1, -0.05) is 22.0 Å². The molecule has 3 N–H and O–H groups in total. The first-order chi connectivity index (χ1) is 8.66. The lowest BCUT2D eigenvalue weighted by Crippen LogP contribution is -2.14. The van der Waals surface area contributed by atoms with E-state index in [2.05, 4.69) is 27.4 Å². The molecule has 1 aromatic carbocycles. The van der Waals surface area contributed by atoms with E-state index in [0.29, 0.717) is 17.9 Å². The third-order valence-electron chi connectivity index (χ3n) is 2.42. The van der Waals surface area contributed by atoms with Gasteiger partial charge in [0, 0.05) is 15.8 Å². The SMILES string of the molecule is N=C(N)c1cc(Br)ccc1OCCc1cccs1. The summed E-state index contributed by atoms with van der Waals surface area (Å²) in [5.74, 6) is 0.671. The Morgan fingerprint density at radius 3 is 2.89 bits per heavy atom. The van der Waals surface area contributed by atoms with Crippen LogP contribution in [-0.4, -0.2) is 12.4 Å². The average Bonchev–Trinajstić information content (AvgIpc) is 2.84. The van der Waals surface area contributed by atoms with Crippen molar-refractivity contribution in [1.82, 2.24) is 0 Å². The highest BCUT2D eigenvalue weighted by molar-refractivity contribution is 9.10. The van der Waals surface area contributed by atoms with Crippen LogP contribution in [0.4, 0.5) is 0 Å². The van der Waals surface area contributed by atoms with Gasteiger partial charge in [-0.3, -0.25) is 5.41 Å². The van der Waals surface area contributed by atoms with Crippen molar-refractivity contribution in [2.45, 2.75) is 6.42 Å². The minimum absolute atomic E-state index is 0.0161. The van der Waals surface area contributed by atoms with Crippen molar-refractivity contribution in [2.75, 3.05) is 6.61 Å². The van der Waals surface area contributed by atoms with Crippen LogP contribution in [0, 0.1) is 5.41 Å². The van der Waals surface area contributed by atoms with Gasteiger partial charge in [-0.05, 0) is 29.6 Å². The number of halogens is 1. The van der Waals surface area contributed by atoms with Gasteiger partial charge >= 0.3 is 0 Å². The number of benzene rings is 1. The number of nitrogens with two attached hydrogens (primary N) is 1. The standard InChI is InChI=1S/C13H13BrN2OS/c14-9-3-4-12(11(8-9)13(15)16)17-6-5-10-2-1-7-18-10/h1-4,7-8H,5-6H2,(H3,15,16). The van der Waals surface area contributed by atoms with Gasteiger partial charge in [-0.15, -0.1) is 11.3 Å². The highest BCUT2D eigenvalue weighted by Gasteiger charge is 2.07. The summed E-state index contributed by atoms with van der Waals surface area (Å²) in [6, 6.07) is 9.62. The predicted molar refractivity (Wildman–Crippen MR) is 78.7 cm³/mol. The fourth-order valence-corrected chi connectivity index (χ4v) is 2.61. The minimum atomic E-state index is 0.0161. The van der Waals surface area contributed by atoms with E-state index in [0.717, 1.165) is 10.9 Å². The van der Waals surface area contributed by atoms with Gasteiger partial charge < -0.3 is 10.5 Å². The molecule has 5 heteroatoms. The molecule has 2 rings (SSSR count). The van der Waals surface area contributed by atoms with Gasteiger partial charge in [0.2, 0.25) is 0 Å². The van der Waals surface area contributed by atoms with Crippen LogP contribution in [0.25, 0.3) is 0 Å². The van der Waals surface area contributed by atoms with Crippen LogP contribution >= 0.6 is 27.3 Å². The Hall–Kier alpha value is -1.33. The first-order valence-corrected chi connectivity index (χ1v) is 7.13. The molecule has 94 valence electrons. The van der Waals surface area contributed by atoms with Crippen LogP contribution in [-0.2, 0) is 6.42 Å². The van der Waals surface area contributed by atoms with Gasteiger partial charge in [-0.25, -0.2) is 0 Å². The summed E-state index contributed by atoms with van der Waals surface area (Å²) in [5, 5.41) is 9.58. The molecule has 0 unspecified atom stereocenters. The van der Waals surface area contributed by atoms with E-state index in [4.69, 9.17) is 15.9 Å². The summed E-state index contributed by atoms with van der Waals surface area (Å²) >= 11 is 5.07. The summed E-state index contributed by atoms with van der Waals surface area (Å²) < 4.78 is 6.58. The van der Waals surface area contributed by atoms with Crippen LogP contribution in [0.15, 0.2) is 40.2 Å². The van der Waals surface area contributed by atoms with Gasteiger partial charge in [0.05, 0.1) is 12.2 Å². The zero-order valence-corrected chi connectivity index (χ0v) is 12.1. The van der Waals surface area contributed by atoms with Crippen molar-refractivity contribution in [3.63, 3.8) is 0 Å². The average molecular weight is 325 g/mol. The Bertz CT molecular complexity index is 540. The van der Waals surface area contributed by atoms with Crippen LogP contribution in [0.5, 0.6) is 5.75 Å². The van der Waals surface area contributed by atoms with E-state index in [1.54, 1.807) is 17.4 Å². The molecule has 0 spiro atoms. The van der Waals surface area contributed by atoms with Gasteiger partial charge in [0.15, 0.2) is 0 Å². The molecular weight excluding hydrogens is 312 g/mol. The summed E-state index contributed by atoms with van der Waals surface area (Å²) in [4.78, 5) is 1.29. The molecule has 0 atom stereocenters. The van der Waals surface area contributed by atoms with E-state index in [9.17, 15) is 0 Å². The number of thiophene rings is 1. The Balaban J connectivity index is 2.02. The Labute approximate surface area is 118 Å². The zero-order chi connectivity index (χ0) is 13.0. The molecule has 0 aliphatic heterocycles. The molecule has 0 aliphatic carbocycles. The second-order valence-electron chi connectivity index (χ2n) is 3.73. The van der Waals surface area contributed by atoms with E-state index < -0.39 is 0 Å². The quantitative estimate of drug-likeness (QED) is 0.654. The minimum Gasteiger partial charge on any atom is -0.492 e. The van der Waals surface area contributed by atoms with E-state index in [1.165, 1.54) is 4.88 Å². The fourth-order valence-electron chi connectivity index (χ4n) is 1.55. The molecule has 3 nitrogen and oxygen atoms in total. The van der Waals surface area contributed by atoms with Crippen molar-refractivity contribution in [1.29, 1.82) is 5.41 Å². The van der Waals surface area contributed by atoms with Crippen molar-refractivity contribution >= 4 is 33.1 Å². The first-order valence-electron chi connectivity index (χ1n) is 5.46. The molecule has 1 heterocycles. The molecule has 2 aromatic rings. The van der Waals surface area contributed by atoms with E-state index in [-0.39, 0.29) is 5.84 Å². The van der Waals surface area contributed by atoms with Gasteiger partial charge in [-0.2, -0.15) is 0 Å². The first kappa shape index (κ1) is 13.1. The lowest BCUT2D eigenvalue weighted by Gasteiger charge is -2.10. The number of nitrogen functional groups attached to an aromatic ring is 1. The number of nitrogens with one attached hydrogen (secondary N) is 1. The molecule has 0 saturated carbocycles. The highest BCUT2D eigenvalue weighted by Crippen LogP contribution is 2.23. The number of hydrogen-bond donors (Lipinski definition) is 2. The lowest BCUT2D eigenvalue weighted by molar-refractivity contribution is 0.322. The summed E-state index contributed by atoms with van der Waals surface area (Å²) in [5.41, 5.74) is 6.16. The maximum absolute atomic E-state index is 7.53. The van der Waals surface area contributed by atoms with Crippen LogP contribution in [0.1, 0.15) is 10.4 Å². The fraction of sp³-hybridized carbons (Fsp3) is 0.154. The smallest absolute Gasteiger partial charge is 0.130 e. The summed E-state index contributed by atoms with van der Waals surface area (Å²) in [7, 11) is 0. The molecule has 0 radical (unpaired) electrons. The van der Waals surface area contributed by atoms with Crippen molar-refractivity contribution in [3.05, 3.63) is 50.6 Å². The van der Waals surface area contributed by atoms with Gasteiger partial charge in [0.25, 0.3) is 0 Å². The molecule has 0 aliphatic rings. The molecule has 0 fully saturated rings. The molecular formula is C13H13BrN2OS. The van der Waals surface area contributed by atoms with Crippen LogP contribution < -0.4 is 10.5 Å². The zero-order valence-electron chi connectivity index (χ0n) is 9.65. The molecule has 0 bridgehead atoms. The topological polar surface area (TPSA) is 59.1 Å². The second kappa shape index (κ2) is 6.02. The Kier molecular flexibility index (Phi) is 4.38. The molecule has 0 saturated heterocycles. The van der Waals surface area contributed by atoms with Crippen LogP contribution in [0.3, 0.4) is 0 Å². The predicted octanol–water partition coefficient (Wildman–Crippen LogP) is 3.42. The number of rotatable bonds is 5. The number of hydrogen-bond acceptors (Lipinski definition) is 3. The highest BCUT2D eigenvalue weighted by atomic mass is 79.9. The molecule has 1 aromatic heterocycles. The lowest BCUT2D eigenvalue weighted by atomic mass is 10.2. The van der Waals surface area contributed by atoms with Gasteiger partial charge in [0.1, 0.15) is 11.6 Å². The molecule has 18 heavy (non-hydrogen) atoms. The number of ether oxygens (including phenoxy) is 1. The molecule has 0 amide bonds. The normalized spacial score (nSPS) is 10.3. The third kappa shape index (κ3) is 3.34. The number of amidine groups is 1. The maximum atomic E-state index is 7.53. The Morgan fingerprint density at radius 1 is 1.39 bits per heavy atom. The largest absolute Gasteiger partial charge is 0.492 e. The monoisotopic (exact) mass is 324 g/mol. The van der Waals surface area contributed by atoms with Crippen molar-refractivity contribution in [3.8, 4) is 5.75 Å².